The molecule has 0 aliphatic carbocycles. The SMILES string of the molecule is CN(C[C@@H]1COc2ccccc2O1)C(=O)c1ccc(S(=O)(=O)NCc2ccco2)cc1. The van der Waals surface area contributed by atoms with Gasteiger partial charge < -0.3 is 18.8 Å². The van der Waals surface area contributed by atoms with E-state index in [9.17, 15) is 13.2 Å². The molecule has 1 N–H and O–H groups in total. The quantitative estimate of drug-likeness (QED) is 0.604. The molecule has 1 aliphatic rings. The number of hydrogen-bond acceptors (Lipinski definition) is 6. The van der Waals surface area contributed by atoms with Crippen molar-refractivity contribution in [3.63, 3.8) is 0 Å². The van der Waals surface area contributed by atoms with E-state index in [4.69, 9.17) is 13.9 Å². The number of fused-ring (bicyclic) bond motifs is 1. The lowest BCUT2D eigenvalue weighted by Crippen LogP contribution is -2.41. The number of hydrogen-bond donors (Lipinski definition) is 1. The molecule has 3 aromatic rings. The minimum absolute atomic E-state index is 0.0470. The van der Waals surface area contributed by atoms with Crippen LogP contribution in [0.5, 0.6) is 11.5 Å². The monoisotopic (exact) mass is 442 g/mol. The number of para-hydroxylation sites is 2. The molecule has 0 unspecified atom stereocenters. The third kappa shape index (κ3) is 4.89. The summed E-state index contributed by atoms with van der Waals surface area (Å²) >= 11 is 0. The van der Waals surface area contributed by atoms with Gasteiger partial charge in [0.05, 0.1) is 24.2 Å². The third-order valence-electron chi connectivity index (χ3n) is 4.82. The van der Waals surface area contributed by atoms with Crippen LogP contribution in [-0.4, -0.2) is 45.5 Å². The van der Waals surface area contributed by atoms with Crippen LogP contribution >= 0.6 is 0 Å². The van der Waals surface area contributed by atoms with Crippen molar-refractivity contribution >= 4 is 15.9 Å². The van der Waals surface area contributed by atoms with Crippen LogP contribution in [0.1, 0.15) is 16.1 Å². The molecule has 1 amide bonds. The average molecular weight is 442 g/mol. The number of carbonyl (C=O) groups excluding carboxylic acids is 1. The maximum Gasteiger partial charge on any atom is 0.253 e. The van der Waals surface area contributed by atoms with Crippen molar-refractivity contribution < 1.29 is 27.1 Å². The normalized spacial score (nSPS) is 15.5. The summed E-state index contributed by atoms with van der Waals surface area (Å²) in [6.45, 7) is 0.719. The molecule has 0 saturated carbocycles. The second-order valence-corrected chi connectivity index (χ2v) is 8.88. The Bertz CT molecular complexity index is 1140. The molecule has 31 heavy (non-hydrogen) atoms. The van der Waals surface area contributed by atoms with E-state index < -0.39 is 10.0 Å². The predicted octanol–water partition coefficient (Wildman–Crippen LogP) is 2.67. The summed E-state index contributed by atoms with van der Waals surface area (Å²) < 4.78 is 44.0. The molecule has 0 bridgehead atoms. The van der Waals surface area contributed by atoms with Crippen LogP contribution in [-0.2, 0) is 16.6 Å². The lowest BCUT2D eigenvalue weighted by Gasteiger charge is -2.29. The number of ether oxygens (including phenoxy) is 2. The van der Waals surface area contributed by atoms with Gasteiger partial charge in [0, 0.05) is 12.6 Å². The van der Waals surface area contributed by atoms with Gasteiger partial charge >= 0.3 is 0 Å². The van der Waals surface area contributed by atoms with Crippen LogP contribution in [0.2, 0.25) is 0 Å². The zero-order chi connectivity index (χ0) is 21.8. The smallest absolute Gasteiger partial charge is 0.253 e. The van der Waals surface area contributed by atoms with Crippen molar-refractivity contribution in [1.82, 2.24) is 9.62 Å². The maximum absolute atomic E-state index is 12.8. The maximum atomic E-state index is 12.8. The summed E-state index contributed by atoms with van der Waals surface area (Å²) in [5.41, 5.74) is 0.379. The zero-order valence-corrected chi connectivity index (χ0v) is 17.7. The second kappa shape index (κ2) is 8.83. The molecule has 1 atom stereocenters. The molecule has 4 rings (SSSR count). The highest BCUT2D eigenvalue weighted by atomic mass is 32.2. The van der Waals surface area contributed by atoms with Crippen LogP contribution < -0.4 is 14.2 Å². The molecule has 0 saturated heterocycles. The highest BCUT2D eigenvalue weighted by molar-refractivity contribution is 7.89. The van der Waals surface area contributed by atoms with Gasteiger partial charge in [-0.15, -0.1) is 0 Å². The van der Waals surface area contributed by atoms with Gasteiger partial charge in [-0.2, -0.15) is 0 Å². The number of nitrogens with one attached hydrogen (secondary N) is 1. The first kappa shape index (κ1) is 21.0. The van der Waals surface area contributed by atoms with Gasteiger partial charge in [0.1, 0.15) is 12.4 Å². The van der Waals surface area contributed by atoms with Crippen LogP contribution in [0, 0.1) is 0 Å². The molecule has 1 aromatic heterocycles. The highest BCUT2D eigenvalue weighted by Crippen LogP contribution is 2.31. The molecule has 2 aromatic carbocycles. The van der Waals surface area contributed by atoms with E-state index in [1.165, 1.54) is 35.4 Å². The van der Waals surface area contributed by atoms with E-state index in [1.54, 1.807) is 19.2 Å². The summed E-state index contributed by atoms with van der Waals surface area (Å²) in [6, 6.07) is 16.5. The topological polar surface area (TPSA) is 98.1 Å². The Labute approximate surface area is 180 Å². The highest BCUT2D eigenvalue weighted by Gasteiger charge is 2.24. The largest absolute Gasteiger partial charge is 0.486 e. The van der Waals surface area contributed by atoms with Gasteiger partial charge in [-0.3, -0.25) is 4.79 Å². The van der Waals surface area contributed by atoms with E-state index in [0.717, 1.165) is 0 Å². The molecule has 9 heteroatoms. The Kier molecular flexibility index (Phi) is 5.97. The number of nitrogens with zero attached hydrogens (tertiary/aromatic N) is 1. The van der Waals surface area contributed by atoms with Gasteiger partial charge in [0.25, 0.3) is 5.91 Å². The summed E-state index contributed by atoms with van der Waals surface area (Å²) in [7, 11) is -2.05. The third-order valence-corrected chi connectivity index (χ3v) is 6.24. The van der Waals surface area contributed by atoms with Gasteiger partial charge in [-0.1, -0.05) is 12.1 Å². The lowest BCUT2D eigenvalue weighted by atomic mass is 10.2. The Morgan fingerprint density at radius 3 is 2.52 bits per heavy atom. The Morgan fingerprint density at radius 2 is 1.81 bits per heavy atom. The van der Waals surface area contributed by atoms with Crippen LogP contribution in [0.3, 0.4) is 0 Å². The number of carbonyl (C=O) groups is 1. The van der Waals surface area contributed by atoms with Crippen LogP contribution in [0.4, 0.5) is 0 Å². The number of benzene rings is 2. The number of furan rings is 1. The van der Waals surface area contributed by atoms with Gasteiger partial charge in [-0.25, -0.2) is 13.1 Å². The number of sulfonamides is 1. The molecule has 2 heterocycles. The fourth-order valence-electron chi connectivity index (χ4n) is 3.20. The molecule has 8 nitrogen and oxygen atoms in total. The lowest BCUT2D eigenvalue weighted by molar-refractivity contribution is 0.0521. The zero-order valence-electron chi connectivity index (χ0n) is 16.9. The fraction of sp³-hybridized carbons (Fsp3) is 0.227. The summed E-state index contributed by atoms with van der Waals surface area (Å²) in [5.74, 6) is 1.60. The molecule has 0 fully saturated rings. The molecule has 1 aliphatic heterocycles. The first-order valence-electron chi connectivity index (χ1n) is 9.68. The number of amides is 1. The summed E-state index contributed by atoms with van der Waals surface area (Å²) in [4.78, 5) is 14.4. The van der Waals surface area contributed by atoms with Crippen molar-refractivity contribution in [2.45, 2.75) is 17.5 Å². The van der Waals surface area contributed by atoms with E-state index in [-0.39, 0.29) is 23.5 Å². The molecule has 162 valence electrons. The second-order valence-electron chi connectivity index (χ2n) is 7.11. The molecular weight excluding hydrogens is 420 g/mol. The Balaban J connectivity index is 1.36. The number of likely N-dealkylation sites (N-methyl/N-ethyl adjacent to an activating group) is 1. The van der Waals surface area contributed by atoms with Crippen LogP contribution in [0.25, 0.3) is 0 Å². The van der Waals surface area contributed by atoms with Crippen molar-refractivity contribution in [3.8, 4) is 11.5 Å². The van der Waals surface area contributed by atoms with Crippen molar-refractivity contribution in [1.29, 1.82) is 0 Å². The Morgan fingerprint density at radius 1 is 1.06 bits per heavy atom. The minimum Gasteiger partial charge on any atom is -0.486 e. The van der Waals surface area contributed by atoms with E-state index in [1.807, 2.05) is 24.3 Å². The first-order valence-corrected chi connectivity index (χ1v) is 11.2. The van der Waals surface area contributed by atoms with E-state index in [0.29, 0.717) is 36.0 Å². The Hall–Kier alpha value is -3.30. The predicted molar refractivity (Wildman–Crippen MR) is 112 cm³/mol. The average Bonchev–Trinajstić information content (AvgIpc) is 3.31. The van der Waals surface area contributed by atoms with E-state index >= 15 is 0 Å². The van der Waals surface area contributed by atoms with Crippen molar-refractivity contribution in [3.05, 3.63) is 78.3 Å². The van der Waals surface area contributed by atoms with Gasteiger partial charge in [-0.05, 0) is 48.5 Å². The van der Waals surface area contributed by atoms with E-state index in [2.05, 4.69) is 4.72 Å². The first-order chi connectivity index (χ1) is 14.9. The van der Waals surface area contributed by atoms with Gasteiger partial charge in [0.15, 0.2) is 17.6 Å². The number of rotatable bonds is 7. The molecular formula is C22H22N2O6S. The van der Waals surface area contributed by atoms with Gasteiger partial charge in [0.2, 0.25) is 10.0 Å². The van der Waals surface area contributed by atoms with Crippen molar-refractivity contribution in [2.24, 2.45) is 0 Å². The fourth-order valence-corrected chi connectivity index (χ4v) is 4.19. The molecule has 0 radical (unpaired) electrons. The standard InChI is InChI=1S/C22H22N2O6S/c1-24(14-18-15-29-20-6-2-3-7-21(20)30-18)22(25)16-8-10-19(11-9-16)31(26,27)23-13-17-5-4-12-28-17/h2-12,18,23H,13-15H2,1H3/t18-/m1/s1. The van der Waals surface area contributed by atoms with Crippen LogP contribution in [0.15, 0.2) is 76.2 Å². The minimum atomic E-state index is -3.72. The summed E-state index contributed by atoms with van der Waals surface area (Å²) in [6.07, 6.45) is 1.18. The molecule has 0 spiro atoms. The van der Waals surface area contributed by atoms with Crippen molar-refractivity contribution in [2.75, 3.05) is 20.2 Å². The summed E-state index contributed by atoms with van der Waals surface area (Å²) in [5, 5.41) is 0.